The largest absolute Gasteiger partial charge is 0.486 e. The first kappa shape index (κ1) is 17.7. The second kappa shape index (κ2) is 7.48. The van der Waals surface area contributed by atoms with Gasteiger partial charge in [0, 0.05) is 29.7 Å². The van der Waals surface area contributed by atoms with Crippen LogP contribution in [0.3, 0.4) is 0 Å². The molecular formula is C20H19ClN2O4. The number of amides is 2. The van der Waals surface area contributed by atoms with Crippen molar-refractivity contribution in [2.45, 2.75) is 18.9 Å². The monoisotopic (exact) mass is 386 g/mol. The van der Waals surface area contributed by atoms with Crippen LogP contribution >= 0.6 is 11.6 Å². The number of halogens is 1. The van der Waals surface area contributed by atoms with Crippen molar-refractivity contribution in [3.63, 3.8) is 0 Å². The Morgan fingerprint density at radius 3 is 2.63 bits per heavy atom. The minimum absolute atomic E-state index is 0.0246. The van der Waals surface area contributed by atoms with Crippen LogP contribution in [0.15, 0.2) is 42.5 Å². The summed E-state index contributed by atoms with van der Waals surface area (Å²) in [5.74, 6) is 1.19. The number of fused-ring (bicyclic) bond motifs is 1. The van der Waals surface area contributed by atoms with Gasteiger partial charge >= 0.3 is 0 Å². The predicted octanol–water partition coefficient (Wildman–Crippen LogP) is 2.58. The smallest absolute Gasteiger partial charge is 0.229 e. The Bertz CT molecular complexity index is 869. The molecule has 0 radical (unpaired) electrons. The molecule has 2 aromatic carbocycles. The molecule has 6 nitrogen and oxygen atoms in total. The lowest BCUT2D eigenvalue weighted by atomic mass is 10.1. The van der Waals surface area contributed by atoms with E-state index in [1.54, 1.807) is 17.0 Å². The number of ether oxygens (including phenoxy) is 2. The van der Waals surface area contributed by atoms with Crippen molar-refractivity contribution in [2.24, 2.45) is 0 Å². The third-order valence-electron chi connectivity index (χ3n) is 4.61. The van der Waals surface area contributed by atoms with E-state index in [1.807, 2.05) is 30.3 Å². The quantitative estimate of drug-likeness (QED) is 0.877. The van der Waals surface area contributed by atoms with E-state index in [2.05, 4.69) is 5.32 Å². The number of hydrogen-bond donors (Lipinski definition) is 1. The molecule has 4 rings (SSSR count). The molecular weight excluding hydrogens is 368 g/mol. The summed E-state index contributed by atoms with van der Waals surface area (Å²) < 4.78 is 11.1. The summed E-state index contributed by atoms with van der Waals surface area (Å²) in [6.45, 7) is 1.45. The molecule has 2 aliphatic heterocycles. The van der Waals surface area contributed by atoms with Gasteiger partial charge in [-0.15, -0.1) is 0 Å². The van der Waals surface area contributed by atoms with Gasteiger partial charge in [0.1, 0.15) is 13.2 Å². The summed E-state index contributed by atoms with van der Waals surface area (Å²) in [4.78, 5) is 26.4. The number of carbonyl (C=O) groups is 2. The molecule has 2 aliphatic rings. The van der Waals surface area contributed by atoms with E-state index in [-0.39, 0.29) is 30.7 Å². The summed E-state index contributed by atoms with van der Waals surface area (Å²) in [7, 11) is 0. The minimum atomic E-state index is -0.217. The third-order valence-corrected chi connectivity index (χ3v) is 4.86. The fraction of sp³-hybridized carbons (Fsp3) is 0.300. The summed E-state index contributed by atoms with van der Waals surface area (Å²) in [6.07, 6.45) is 0.534. The Kier molecular flexibility index (Phi) is 4.90. The van der Waals surface area contributed by atoms with Gasteiger partial charge < -0.3 is 19.7 Å². The maximum absolute atomic E-state index is 12.4. The second-order valence-electron chi connectivity index (χ2n) is 6.60. The molecule has 0 bridgehead atoms. The zero-order chi connectivity index (χ0) is 18.8. The van der Waals surface area contributed by atoms with Gasteiger partial charge in [0.05, 0.1) is 12.5 Å². The molecule has 7 heteroatoms. The van der Waals surface area contributed by atoms with Crippen molar-refractivity contribution in [1.29, 1.82) is 0 Å². The Hall–Kier alpha value is -2.73. The lowest BCUT2D eigenvalue weighted by Gasteiger charge is -2.22. The van der Waals surface area contributed by atoms with E-state index < -0.39 is 0 Å². The molecule has 1 fully saturated rings. The van der Waals surface area contributed by atoms with E-state index in [9.17, 15) is 9.59 Å². The molecule has 1 saturated heterocycles. The van der Waals surface area contributed by atoms with Gasteiger partial charge in [-0.1, -0.05) is 23.7 Å². The zero-order valence-electron chi connectivity index (χ0n) is 14.6. The summed E-state index contributed by atoms with van der Waals surface area (Å²) in [6, 6.07) is 12.4. The van der Waals surface area contributed by atoms with Gasteiger partial charge in [0.25, 0.3) is 0 Å². The topological polar surface area (TPSA) is 67.9 Å². The summed E-state index contributed by atoms with van der Waals surface area (Å²) in [5, 5.41) is 3.58. The molecule has 140 valence electrons. The average molecular weight is 387 g/mol. The van der Waals surface area contributed by atoms with Gasteiger partial charge in [0.15, 0.2) is 11.5 Å². The highest BCUT2D eigenvalue weighted by Gasteiger charge is 2.32. The average Bonchev–Trinajstić information content (AvgIpc) is 3.03. The standard InChI is InChI=1S/C20H19ClN2O4/c21-14-3-1-13(2-4-14)9-19(24)22-15-10-20(25)23(12-15)16-5-6-17-18(11-16)27-8-7-26-17/h1-6,11,15H,7-10,12H2,(H,22,24)/t15-/m1/s1. The maximum Gasteiger partial charge on any atom is 0.229 e. The van der Waals surface area contributed by atoms with Gasteiger partial charge in [-0.25, -0.2) is 0 Å². The van der Waals surface area contributed by atoms with Crippen LogP contribution in [0.4, 0.5) is 5.69 Å². The molecule has 1 N–H and O–H groups in total. The van der Waals surface area contributed by atoms with Crippen molar-refractivity contribution < 1.29 is 19.1 Å². The highest BCUT2D eigenvalue weighted by atomic mass is 35.5. The zero-order valence-corrected chi connectivity index (χ0v) is 15.4. The first-order valence-corrected chi connectivity index (χ1v) is 9.20. The van der Waals surface area contributed by atoms with E-state index in [0.29, 0.717) is 36.3 Å². The van der Waals surface area contributed by atoms with Gasteiger partial charge in [-0.2, -0.15) is 0 Å². The van der Waals surface area contributed by atoms with Crippen LogP contribution in [-0.2, 0) is 16.0 Å². The van der Waals surface area contributed by atoms with Gasteiger partial charge in [-0.05, 0) is 29.8 Å². The number of benzene rings is 2. The Labute approximate surface area is 162 Å². The van der Waals surface area contributed by atoms with Crippen molar-refractivity contribution in [1.82, 2.24) is 5.32 Å². The first-order chi connectivity index (χ1) is 13.1. The number of nitrogens with zero attached hydrogens (tertiary/aromatic N) is 1. The van der Waals surface area contributed by atoms with Crippen LogP contribution in [0.5, 0.6) is 11.5 Å². The molecule has 27 heavy (non-hydrogen) atoms. The highest BCUT2D eigenvalue weighted by molar-refractivity contribution is 6.30. The molecule has 0 aliphatic carbocycles. The van der Waals surface area contributed by atoms with Crippen molar-refractivity contribution in [2.75, 3.05) is 24.7 Å². The number of carbonyl (C=O) groups excluding carboxylic acids is 2. The van der Waals surface area contributed by atoms with Crippen LogP contribution in [0.2, 0.25) is 5.02 Å². The molecule has 0 aromatic heterocycles. The fourth-order valence-electron chi connectivity index (χ4n) is 3.32. The van der Waals surface area contributed by atoms with Gasteiger partial charge in [0.2, 0.25) is 11.8 Å². The van der Waals surface area contributed by atoms with E-state index in [1.165, 1.54) is 0 Å². The van der Waals surface area contributed by atoms with Crippen LogP contribution < -0.4 is 19.7 Å². The predicted molar refractivity (Wildman–Crippen MR) is 101 cm³/mol. The summed E-state index contributed by atoms with van der Waals surface area (Å²) >= 11 is 5.86. The van der Waals surface area contributed by atoms with Crippen LogP contribution in [0.25, 0.3) is 0 Å². The Morgan fingerprint density at radius 2 is 1.85 bits per heavy atom. The lowest BCUT2D eigenvalue weighted by Crippen LogP contribution is -2.38. The van der Waals surface area contributed by atoms with Crippen LogP contribution in [0.1, 0.15) is 12.0 Å². The van der Waals surface area contributed by atoms with Crippen LogP contribution in [0, 0.1) is 0 Å². The van der Waals surface area contributed by atoms with Crippen molar-refractivity contribution in [3.05, 3.63) is 53.1 Å². The SMILES string of the molecule is O=C(Cc1ccc(Cl)cc1)N[C@@H]1CC(=O)N(c2ccc3c(c2)OCCO3)C1. The Morgan fingerprint density at radius 1 is 1.11 bits per heavy atom. The molecule has 2 heterocycles. The first-order valence-electron chi connectivity index (χ1n) is 8.82. The summed E-state index contributed by atoms with van der Waals surface area (Å²) in [5.41, 5.74) is 1.63. The van der Waals surface area contributed by atoms with Gasteiger partial charge in [-0.3, -0.25) is 9.59 Å². The van der Waals surface area contributed by atoms with E-state index in [4.69, 9.17) is 21.1 Å². The molecule has 0 unspecified atom stereocenters. The maximum atomic E-state index is 12.4. The molecule has 0 saturated carbocycles. The lowest BCUT2D eigenvalue weighted by molar-refractivity contribution is -0.121. The number of nitrogens with one attached hydrogen (secondary N) is 1. The molecule has 1 atom stereocenters. The Balaban J connectivity index is 1.38. The molecule has 0 spiro atoms. The van der Waals surface area contributed by atoms with Crippen molar-refractivity contribution in [3.8, 4) is 11.5 Å². The highest BCUT2D eigenvalue weighted by Crippen LogP contribution is 2.35. The third kappa shape index (κ3) is 4.01. The molecule has 2 amide bonds. The normalized spacial score (nSPS) is 18.5. The number of anilines is 1. The number of rotatable bonds is 4. The van der Waals surface area contributed by atoms with Crippen LogP contribution in [-0.4, -0.2) is 37.6 Å². The van der Waals surface area contributed by atoms with E-state index in [0.717, 1.165) is 11.3 Å². The second-order valence-corrected chi connectivity index (χ2v) is 7.04. The van der Waals surface area contributed by atoms with Crippen molar-refractivity contribution >= 4 is 29.1 Å². The number of hydrogen-bond acceptors (Lipinski definition) is 4. The van der Waals surface area contributed by atoms with E-state index >= 15 is 0 Å². The fourth-order valence-corrected chi connectivity index (χ4v) is 3.45. The minimum Gasteiger partial charge on any atom is -0.486 e. The molecule has 2 aromatic rings.